The van der Waals surface area contributed by atoms with Gasteiger partial charge in [-0.15, -0.1) is 0 Å². The number of phosphoric acid groups is 1. The van der Waals surface area contributed by atoms with E-state index in [2.05, 4.69) is 38.2 Å². The Kier molecular flexibility index (Phi) is 43.3. The summed E-state index contributed by atoms with van der Waals surface area (Å²) in [5.41, 5.74) is 5.37. The summed E-state index contributed by atoms with van der Waals surface area (Å²) in [6.45, 7) is 4.91. The second kappa shape index (κ2) is 44.1. The van der Waals surface area contributed by atoms with Crippen LogP contribution in [0.1, 0.15) is 226 Å². The first-order chi connectivity index (χ1) is 26.9. The van der Waals surface area contributed by atoms with Crippen LogP contribution >= 0.6 is 7.82 Å². The van der Waals surface area contributed by atoms with Gasteiger partial charge < -0.3 is 20.1 Å². The molecule has 2 atom stereocenters. The van der Waals surface area contributed by atoms with E-state index in [1.165, 1.54) is 161 Å². The number of hydrogen-bond acceptors (Lipinski definition) is 7. The van der Waals surface area contributed by atoms with Gasteiger partial charge in [0.15, 0.2) is 0 Å². The number of phosphoric ester groups is 1. The Labute approximate surface area is 340 Å². The molecule has 0 bridgehead atoms. The molecule has 0 radical (unpaired) electrons. The number of rotatable bonds is 45. The van der Waals surface area contributed by atoms with E-state index in [9.17, 15) is 14.3 Å². The fraction of sp³-hybridized carbons (Fsp3) is 0.891. The lowest BCUT2D eigenvalue weighted by Gasteiger charge is -2.20. The zero-order chi connectivity index (χ0) is 40.2. The van der Waals surface area contributed by atoms with E-state index in [0.717, 1.165) is 44.9 Å². The van der Waals surface area contributed by atoms with E-state index in [1.54, 1.807) is 0 Å². The van der Waals surface area contributed by atoms with E-state index in [0.29, 0.717) is 13.0 Å². The maximum atomic E-state index is 12.6. The van der Waals surface area contributed by atoms with Gasteiger partial charge in [-0.1, -0.05) is 179 Å². The van der Waals surface area contributed by atoms with Crippen molar-refractivity contribution in [3.8, 4) is 0 Å². The smallest absolute Gasteiger partial charge is 0.457 e. The third kappa shape index (κ3) is 43.9. The van der Waals surface area contributed by atoms with Crippen molar-refractivity contribution in [1.82, 2.24) is 0 Å². The number of hydrogen-bond donors (Lipinski definition) is 2. The molecule has 2 unspecified atom stereocenters. The number of nitrogens with two attached hydrogens (primary N) is 1. The van der Waals surface area contributed by atoms with Crippen LogP contribution in [0.4, 0.5) is 0 Å². The summed E-state index contributed by atoms with van der Waals surface area (Å²) in [5, 5.41) is 0. The van der Waals surface area contributed by atoms with Crippen molar-refractivity contribution < 1.29 is 32.8 Å². The fourth-order valence-corrected chi connectivity index (χ4v) is 7.40. The van der Waals surface area contributed by atoms with Crippen LogP contribution in [0, 0.1) is 0 Å². The molecule has 3 N–H and O–H groups in total. The highest BCUT2D eigenvalue weighted by atomic mass is 31.2. The number of esters is 1. The van der Waals surface area contributed by atoms with Crippen molar-refractivity contribution in [3.63, 3.8) is 0 Å². The van der Waals surface area contributed by atoms with Gasteiger partial charge in [0.05, 0.1) is 19.8 Å². The number of ether oxygens (including phenoxy) is 2. The Bertz CT molecular complexity index is 900. The Balaban J connectivity index is 3.89. The van der Waals surface area contributed by atoms with Crippen LogP contribution in [0.5, 0.6) is 0 Å². The van der Waals surface area contributed by atoms with Crippen LogP contribution < -0.4 is 5.73 Å². The number of carbonyl (C=O) groups excluding carboxylic acids is 1. The van der Waals surface area contributed by atoms with Gasteiger partial charge in [0.1, 0.15) is 6.10 Å². The van der Waals surface area contributed by atoms with Crippen LogP contribution in [0.25, 0.3) is 0 Å². The molecule has 0 aliphatic heterocycles. The lowest BCUT2D eigenvalue weighted by atomic mass is 10.0. The van der Waals surface area contributed by atoms with Gasteiger partial charge in [0.25, 0.3) is 0 Å². The predicted molar refractivity (Wildman–Crippen MR) is 233 cm³/mol. The first-order valence-corrected chi connectivity index (χ1v) is 24.8. The quantitative estimate of drug-likeness (QED) is 0.0271. The summed E-state index contributed by atoms with van der Waals surface area (Å²) in [4.78, 5) is 22.4. The van der Waals surface area contributed by atoms with Gasteiger partial charge in [-0.2, -0.15) is 0 Å². The third-order valence-electron chi connectivity index (χ3n) is 10.1. The number of carbonyl (C=O) groups is 1. The molecule has 0 saturated carbocycles. The predicted octanol–water partition coefficient (Wildman–Crippen LogP) is 14.0. The second-order valence-electron chi connectivity index (χ2n) is 15.6. The van der Waals surface area contributed by atoms with Gasteiger partial charge in [-0.05, 0) is 64.2 Å². The van der Waals surface area contributed by atoms with Crippen LogP contribution in [0.15, 0.2) is 24.3 Å². The second-order valence-corrected chi connectivity index (χ2v) is 17.1. The van der Waals surface area contributed by atoms with Crippen LogP contribution in [0.2, 0.25) is 0 Å². The highest BCUT2D eigenvalue weighted by molar-refractivity contribution is 7.47. The minimum atomic E-state index is -4.27. The molecule has 0 aromatic rings. The highest BCUT2D eigenvalue weighted by Crippen LogP contribution is 2.43. The maximum absolute atomic E-state index is 12.6. The summed E-state index contributed by atoms with van der Waals surface area (Å²) in [6, 6.07) is 0. The normalized spacial score (nSPS) is 13.6. The first kappa shape index (κ1) is 54.0. The van der Waals surface area contributed by atoms with E-state index >= 15 is 0 Å². The summed E-state index contributed by atoms with van der Waals surface area (Å²) >= 11 is 0. The fourth-order valence-electron chi connectivity index (χ4n) is 6.63. The molecular weight excluding hydrogens is 709 g/mol. The lowest BCUT2D eigenvalue weighted by molar-refractivity contribution is -0.154. The van der Waals surface area contributed by atoms with Gasteiger partial charge in [0.2, 0.25) is 0 Å². The molecule has 8 nitrogen and oxygen atoms in total. The van der Waals surface area contributed by atoms with E-state index in [-0.39, 0.29) is 32.3 Å². The van der Waals surface area contributed by atoms with Gasteiger partial charge in [0, 0.05) is 19.6 Å². The molecule has 0 heterocycles. The molecule has 0 amide bonds. The summed E-state index contributed by atoms with van der Waals surface area (Å²) in [7, 11) is -4.27. The molecule has 0 spiro atoms. The average Bonchev–Trinajstić information content (AvgIpc) is 3.17. The molecule has 0 saturated heterocycles. The Hall–Kier alpha value is -1.02. The first-order valence-electron chi connectivity index (χ1n) is 23.3. The minimum Gasteiger partial charge on any atom is -0.457 e. The van der Waals surface area contributed by atoms with Crippen molar-refractivity contribution in [2.75, 3.05) is 33.0 Å². The molecule has 0 aliphatic carbocycles. The number of unbranched alkanes of at least 4 members (excludes halogenated alkanes) is 28. The topological polar surface area (TPSA) is 117 Å². The molecule has 0 fully saturated rings. The molecule has 0 aromatic carbocycles. The average molecular weight is 800 g/mol. The lowest BCUT2D eigenvalue weighted by Crippen LogP contribution is -2.28. The SMILES string of the molecule is CCCCC/C=C\CCCCCCCC(=O)OC(COCCCCCCCCCCCCCC/C=C\CCCCCCCCCC)COP(=O)(O)OCCN. The molecule has 0 aromatic heterocycles. The molecule has 326 valence electrons. The monoisotopic (exact) mass is 800 g/mol. The molecule has 9 heteroatoms. The van der Waals surface area contributed by atoms with Crippen LogP contribution in [-0.2, 0) is 27.9 Å². The summed E-state index contributed by atoms with van der Waals surface area (Å²) in [6.07, 6.45) is 49.2. The third-order valence-corrected chi connectivity index (χ3v) is 11.1. The summed E-state index contributed by atoms with van der Waals surface area (Å²) in [5.74, 6) is -0.338. The largest absolute Gasteiger partial charge is 0.472 e. The van der Waals surface area contributed by atoms with Crippen molar-refractivity contribution >= 4 is 13.8 Å². The molecule has 55 heavy (non-hydrogen) atoms. The molecule has 0 rings (SSSR count). The van der Waals surface area contributed by atoms with Crippen molar-refractivity contribution in [3.05, 3.63) is 24.3 Å². The van der Waals surface area contributed by atoms with Crippen LogP contribution in [-0.4, -0.2) is 49.9 Å². The van der Waals surface area contributed by atoms with Crippen LogP contribution in [0.3, 0.4) is 0 Å². The van der Waals surface area contributed by atoms with Crippen molar-refractivity contribution in [2.24, 2.45) is 5.73 Å². The standard InChI is InChI=1S/C46H90NO7P/c1-3-5-7-9-11-13-15-17-18-19-20-21-22-23-24-25-26-27-28-30-32-34-36-38-41-51-43-45(44-53-55(49,50)52-42-40-47)54-46(48)39-37-35-33-31-29-16-14-12-10-8-6-4-2/h12,14,19-20,45H,3-11,13,15-18,21-44,47H2,1-2H3,(H,49,50)/b14-12-,20-19-. The maximum Gasteiger partial charge on any atom is 0.472 e. The van der Waals surface area contributed by atoms with Crippen molar-refractivity contribution in [1.29, 1.82) is 0 Å². The van der Waals surface area contributed by atoms with Crippen molar-refractivity contribution in [2.45, 2.75) is 232 Å². The molecule has 0 aliphatic rings. The Morgan fingerprint density at radius 3 is 1.36 bits per heavy atom. The van der Waals surface area contributed by atoms with E-state index in [1.807, 2.05) is 0 Å². The molecular formula is C46H90NO7P. The zero-order valence-electron chi connectivity index (χ0n) is 36.2. The minimum absolute atomic E-state index is 0.0955. The summed E-state index contributed by atoms with van der Waals surface area (Å²) < 4.78 is 33.4. The van der Waals surface area contributed by atoms with Gasteiger partial charge >= 0.3 is 13.8 Å². The Morgan fingerprint density at radius 2 is 0.909 bits per heavy atom. The zero-order valence-corrected chi connectivity index (χ0v) is 37.1. The van der Waals surface area contributed by atoms with E-state index in [4.69, 9.17) is 24.3 Å². The number of allylic oxidation sites excluding steroid dienone is 4. The Morgan fingerprint density at radius 1 is 0.527 bits per heavy atom. The van der Waals surface area contributed by atoms with Gasteiger partial charge in [-0.25, -0.2) is 4.57 Å². The van der Waals surface area contributed by atoms with Gasteiger partial charge in [-0.3, -0.25) is 13.8 Å². The van der Waals surface area contributed by atoms with E-state index < -0.39 is 13.9 Å². The highest BCUT2D eigenvalue weighted by Gasteiger charge is 2.25.